The van der Waals surface area contributed by atoms with Gasteiger partial charge in [0.1, 0.15) is 0 Å². The van der Waals surface area contributed by atoms with E-state index in [1.807, 2.05) is 22.9 Å². The lowest BCUT2D eigenvalue weighted by atomic mass is 10.1. The van der Waals surface area contributed by atoms with Gasteiger partial charge >= 0.3 is 0 Å². The number of aryl methyl sites for hydroxylation is 1. The monoisotopic (exact) mass is 424 g/mol. The van der Waals surface area contributed by atoms with E-state index in [0.717, 1.165) is 24.9 Å². The molecule has 1 N–H and O–H groups in total. The second kappa shape index (κ2) is 8.41. The van der Waals surface area contributed by atoms with Gasteiger partial charge in [0.15, 0.2) is 0 Å². The van der Waals surface area contributed by atoms with Crippen LogP contribution in [0.4, 0.5) is 5.69 Å². The molecule has 7 nitrogen and oxygen atoms in total. The molecule has 0 saturated carbocycles. The van der Waals surface area contributed by atoms with Crippen molar-refractivity contribution in [3.8, 4) is 5.69 Å². The Kier molecular flexibility index (Phi) is 5.69. The van der Waals surface area contributed by atoms with Crippen molar-refractivity contribution in [2.75, 3.05) is 18.4 Å². The van der Waals surface area contributed by atoms with E-state index in [1.54, 1.807) is 43.7 Å². The fourth-order valence-electron chi connectivity index (χ4n) is 3.60. The van der Waals surface area contributed by atoms with Gasteiger partial charge in [-0.05, 0) is 61.7 Å². The Morgan fingerprint density at radius 3 is 2.43 bits per heavy atom. The topological polar surface area (TPSA) is 84.3 Å². The van der Waals surface area contributed by atoms with Crippen LogP contribution in [-0.4, -0.2) is 41.3 Å². The number of carbonyl (C=O) groups excluding carboxylic acids is 1. The first-order valence-electron chi connectivity index (χ1n) is 9.96. The fourth-order valence-corrected chi connectivity index (χ4v) is 5.36. The van der Waals surface area contributed by atoms with Crippen LogP contribution in [0.1, 0.15) is 35.2 Å². The number of piperidine rings is 1. The summed E-state index contributed by atoms with van der Waals surface area (Å²) in [5, 5.41) is 2.84. The first-order chi connectivity index (χ1) is 14.4. The Morgan fingerprint density at radius 1 is 1.03 bits per heavy atom. The van der Waals surface area contributed by atoms with Crippen molar-refractivity contribution in [3.05, 3.63) is 72.3 Å². The molecule has 0 radical (unpaired) electrons. The third-order valence-electron chi connectivity index (χ3n) is 5.31. The maximum Gasteiger partial charge on any atom is 0.255 e. The third-order valence-corrected chi connectivity index (χ3v) is 7.35. The summed E-state index contributed by atoms with van der Waals surface area (Å²) in [4.78, 5) is 17.0. The molecule has 8 heteroatoms. The van der Waals surface area contributed by atoms with Gasteiger partial charge in [-0.15, -0.1) is 0 Å². The van der Waals surface area contributed by atoms with E-state index >= 15 is 0 Å². The molecule has 3 aromatic rings. The van der Waals surface area contributed by atoms with Crippen LogP contribution in [0, 0.1) is 6.92 Å². The van der Waals surface area contributed by atoms with Crippen LogP contribution in [0.25, 0.3) is 5.69 Å². The van der Waals surface area contributed by atoms with Crippen molar-refractivity contribution in [3.63, 3.8) is 0 Å². The molecule has 2 heterocycles. The van der Waals surface area contributed by atoms with E-state index in [0.29, 0.717) is 29.9 Å². The first kappa shape index (κ1) is 20.3. The first-order valence-corrected chi connectivity index (χ1v) is 11.4. The number of hydrogen-bond donors (Lipinski definition) is 1. The summed E-state index contributed by atoms with van der Waals surface area (Å²) >= 11 is 0. The number of hydrogen-bond acceptors (Lipinski definition) is 4. The van der Waals surface area contributed by atoms with Crippen molar-refractivity contribution in [2.24, 2.45) is 0 Å². The van der Waals surface area contributed by atoms with Gasteiger partial charge in [-0.3, -0.25) is 4.79 Å². The van der Waals surface area contributed by atoms with E-state index < -0.39 is 10.0 Å². The SMILES string of the molecule is Cc1ccc(C(=O)Nc2ccc(-n3ccnc3)cc2)cc1S(=O)(=O)N1CCCCC1. The molecule has 1 fully saturated rings. The number of imidazole rings is 1. The van der Waals surface area contributed by atoms with E-state index in [9.17, 15) is 13.2 Å². The molecule has 30 heavy (non-hydrogen) atoms. The Morgan fingerprint density at radius 2 is 1.77 bits per heavy atom. The summed E-state index contributed by atoms with van der Waals surface area (Å²) in [5.41, 5.74) is 2.51. The summed E-state index contributed by atoms with van der Waals surface area (Å²) in [5.74, 6) is -0.347. The molecule has 4 rings (SSSR count). The second-order valence-corrected chi connectivity index (χ2v) is 9.32. The summed E-state index contributed by atoms with van der Waals surface area (Å²) in [6, 6.07) is 12.2. The molecular formula is C22H24N4O3S. The highest BCUT2D eigenvalue weighted by molar-refractivity contribution is 7.89. The summed E-state index contributed by atoms with van der Waals surface area (Å²) in [6.45, 7) is 2.82. The number of aromatic nitrogens is 2. The average Bonchev–Trinajstić information content (AvgIpc) is 3.30. The number of carbonyl (C=O) groups is 1. The van der Waals surface area contributed by atoms with E-state index in [-0.39, 0.29) is 10.8 Å². The number of anilines is 1. The summed E-state index contributed by atoms with van der Waals surface area (Å²) < 4.78 is 29.5. The molecule has 0 atom stereocenters. The number of rotatable bonds is 5. The molecule has 156 valence electrons. The van der Waals surface area contributed by atoms with Gasteiger partial charge in [-0.25, -0.2) is 13.4 Å². The highest BCUT2D eigenvalue weighted by atomic mass is 32.2. The maximum absolute atomic E-state index is 13.1. The minimum absolute atomic E-state index is 0.201. The maximum atomic E-state index is 13.1. The van der Waals surface area contributed by atoms with Crippen LogP contribution < -0.4 is 5.32 Å². The number of nitrogens with zero attached hydrogens (tertiary/aromatic N) is 3. The number of sulfonamides is 1. The Bertz CT molecular complexity index is 1130. The van der Waals surface area contributed by atoms with E-state index in [4.69, 9.17) is 0 Å². The van der Waals surface area contributed by atoms with Crippen molar-refractivity contribution >= 4 is 21.6 Å². The molecule has 2 aromatic carbocycles. The molecule has 1 aliphatic rings. The zero-order chi connectivity index (χ0) is 21.1. The molecule has 0 bridgehead atoms. The van der Waals surface area contributed by atoms with Crippen LogP contribution in [0.3, 0.4) is 0 Å². The lowest BCUT2D eigenvalue weighted by molar-refractivity contribution is 0.102. The highest BCUT2D eigenvalue weighted by Crippen LogP contribution is 2.25. The third kappa shape index (κ3) is 4.15. The Hall–Kier alpha value is -2.97. The predicted octanol–water partition coefficient (Wildman–Crippen LogP) is 3.61. The number of nitrogens with one attached hydrogen (secondary N) is 1. The molecule has 1 amide bonds. The minimum Gasteiger partial charge on any atom is -0.322 e. The largest absolute Gasteiger partial charge is 0.322 e. The van der Waals surface area contributed by atoms with Crippen LogP contribution in [-0.2, 0) is 10.0 Å². The molecular weight excluding hydrogens is 400 g/mol. The van der Waals surface area contributed by atoms with Crippen molar-refractivity contribution in [1.29, 1.82) is 0 Å². The zero-order valence-electron chi connectivity index (χ0n) is 16.8. The van der Waals surface area contributed by atoms with E-state index in [2.05, 4.69) is 10.3 Å². The number of amides is 1. The van der Waals surface area contributed by atoms with Crippen molar-refractivity contribution < 1.29 is 13.2 Å². The van der Waals surface area contributed by atoms with Gasteiger partial charge in [0.25, 0.3) is 5.91 Å². The lowest BCUT2D eigenvalue weighted by Crippen LogP contribution is -2.36. The van der Waals surface area contributed by atoms with Crippen LogP contribution in [0.5, 0.6) is 0 Å². The molecule has 0 spiro atoms. The second-order valence-electron chi connectivity index (χ2n) is 7.42. The van der Waals surface area contributed by atoms with Gasteiger partial charge in [-0.1, -0.05) is 12.5 Å². The normalized spacial score (nSPS) is 15.1. The molecule has 1 saturated heterocycles. The van der Waals surface area contributed by atoms with Crippen LogP contribution in [0.15, 0.2) is 66.1 Å². The summed E-state index contributed by atoms with van der Waals surface area (Å²) in [7, 11) is -3.61. The molecule has 0 unspecified atom stereocenters. The van der Waals surface area contributed by atoms with Crippen LogP contribution in [0.2, 0.25) is 0 Å². The summed E-state index contributed by atoms with van der Waals surface area (Å²) in [6.07, 6.45) is 8.02. The average molecular weight is 425 g/mol. The predicted molar refractivity (Wildman–Crippen MR) is 115 cm³/mol. The molecule has 0 aliphatic carbocycles. The standard InChI is InChI=1S/C22H24N4O3S/c1-17-5-6-18(15-21(17)30(28,29)26-12-3-2-4-13-26)22(27)24-19-7-9-20(10-8-19)25-14-11-23-16-25/h5-11,14-16H,2-4,12-13H2,1H3,(H,24,27). The Labute approximate surface area is 176 Å². The number of benzene rings is 2. The Balaban J connectivity index is 1.54. The lowest BCUT2D eigenvalue weighted by Gasteiger charge is -2.26. The van der Waals surface area contributed by atoms with Crippen LogP contribution >= 0.6 is 0 Å². The smallest absolute Gasteiger partial charge is 0.255 e. The van der Waals surface area contributed by atoms with Gasteiger partial charge in [0, 0.05) is 42.4 Å². The van der Waals surface area contributed by atoms with Gasteiger partial charge in [-0.2, -0.15) is 4.31 Å². The molecule has 1 aliphatic heterocycles. The van der Waals surface area contributed by atoms with Gasteiger partial charge in [0.2, 0.25) is 10.0 Å². The van der Waals surface area contributed by atoms with Gasteiger partial charge < -0.3 is 9.88 Å². The highest BCUT2D eigenvalue weighted by Gasteiger charge is 2.28. The van der Waals surface area contributed by atoms with Crippen molar-refractivity contribution in [1.82, 2.24) is 13.9 Å². The zero-order valence-corrected chi connectivity index (χ0v) is 17.6. The fraction of sp³-hybridized carbons (Fsp3) is 0.273. The minimum atomic E-state index is -3.61. The van der Waals surface area contributed by atoms with Crippen molar-refractivity contribution in [2.45, 2.75) is 31.1 Å². The molecule has 1 aromatic heterocycles. The quantitative estimate of drug-likeness (QED) is 0.678. The van der Waals surface area contributed by atoms with E-state index in [1.165, 1.54) is 10.4 Å². The van der Waals surface area contributed by atoms with Gasteiger partial charge in [0.05, 0.1) is 11.2 Å².